The Morgan fingerprint density at radius 3 is 2.62 bits per heavy atom. The van der Waals surface area contributed by atoms with Gasteiger partial charge in [0.15, 0.2) is 0 Å². The lowest BCUT2D eigenvalue weighted by atomic mass is 10.0. The van der Waals surface area contributed by atoms with Gasteiger partial charge in [-0.05, 0) is 38.0 Å². The Bertz CT molecular complexity index is 549. The summed E-state index contributed by atoms with van der Waals surface area (Å²) >= 11 is 6.18. The highest BCUT2D eigenvalue weighted by Crippen LogP contribution is 2.28. The smallest absolute Gasteiger partial charge is 0.0932 e. The van der Waals surface area contributed by atoms with Gasteiger partial charge in [0.05, 0.1) is 22.3 Å². The van der Waals surface area contributed by atoms with E-state index in [1.165, 1.54) is 5.56 Å². The monoisotopic (exact) mass is 235 g/mol. The van der Waals surface area contributed by atoms with Crippen LogP contribution in [-0.4, -0.2) is 10.1 Å². The van der Waals surface area contributed by atoms with Crippen molar-refractivity contribution in [3.63, 3.8) is 0 Å². The summed E-state index contributed by atoms with van der Waals surface area (Å²) < 4.78 is 0. The van der Waals surface area contributed by atoms with Gasteiger partial charge in [-0.2, -0.15) is 0 Å². The number of rotatable bonds is 1. The number of halogens is 1. The van der Waals surface area contributed by atoms with Gasteiger partial charge in [0.2, 0.25) is 0 Å². The minimum absolute atomic E-state index is 0.596. The average molecular weight is 236 g/mol. The molecule has 0 spiro atoms. The molecule has 0 saturated heterocycles. The van der Waals surface area contributed by atoms with Crippen LogP contribution in [0.15, 0.2) is 18.2 Å². The zero-order chi connectivity index (χ0) is 11.9. The Morgan fingerprint density at radius 2 is 2.00 bits per heavy atom. The highest BCUT2D eigenvalue weighted by Gasteiger charge is 2.10. The molecule has 0 saturated carbocycles. The fourth-order valence-electron chi connectivity index (χ4n) is 1.72. The Hall–Kier alpha value is -1.12. The molecular weight excluding hydrogens is 222 g/mol. The van der Waals surface area contributed by atoms with Crippen LogP contribution in [-0.2, 0) is 0 Å². The molecule has 0 unspecified atom stereocenters. The molecule has 0 aliphatic rings. The zero-order valence-electron chi connectivity index (χ0n) is 9.58. The number of benzene rings is 1. The van der Waals surface area contributed by atoms with Gasteiger partial charge in [0, 0.05) is 5.39 Å². The number of fused-ring (bicyclic) bond motifs is 1. The molecule has 0 radical (unpaired) electrons. The molecule has 1 aromatic heterocycles. The van der Waals surface area contributed by atoms with Crippen molar-refractivity contribution in [2.45, 2.75) is 26.9 Å². The molecular formula is C13H14ClNO. The maximum atomic E-state index is 9.55. The lowest BCUT2D eigenvalue weighted by Gasteiger charge is -2.10. The number of aromatic nitrogens is 1. The Morgan fingerprint density at radius 1 is 1.31 bits per heavy atom. The Balaban J connectivity index is 2.83. The minimum atomic E-state index is -0.596. The summed E-state index contributed by atoms with van der Waals surface area (Å²) in [6.45, 7) is 5.75. The van der Waals surface area contributed by atoms with E-state index in [-0.39, 0.29) is 0 Å². The number of aliphatic hydroxyl groups excluding tert-OH is 1. The molecule has 1 N–H and O–H groups in total. The van der Waals surface area contributed by atoms with Crippen molar-refractivity contribution in [1.82, 2.24) is 4.98 Å². The third kappa shape index (κ3) is 1.79. The Labute approximate surface area is 99.9 Å². The molecule has 1 aromatic carbocycles. The van der Waals surface area contributed by atoms with Gasteiger partial charge in [0.1, 0.15) is 0 Å². The van der Waals surface area contributed by atoms with E-state index in [0.717, 1.165) is 16.5 Å². The van der Waals surface area contributed by atoms with Crippen molar-refractivity contribution in [3.8, 4) is 0 Å². The summed E-state index contributed by atoms with van der Waals surface area (Å²) in [5.74, 6) is 0. The summed E-state index contributed by atoms with van der Waals surface area (Å²) in [6, 6.07) is 5.73. The molecule has 0 amide bonds. The number of aliphatic hydroxyl groups is 1. The van der Waals surface area contributed by atoms with Crippen LogP contribution in [0.3, 0.4) is 0 Å². The van der Waals surface area contributed by atoms with Gasteiger partial charge in [-0.3, -0.25) is 0 Å². The van der Waals surface area contributed by atoms with Gasteiger partial charge >= 0.3 is 0 Å². The highest BCUT2D eigenvalue weighted by molar-refractivity contribution is 6.35. The SMILES string of the molecule is Cc1ccc2c(Cl)cc([C@@H](C)O)nc2c1C. The molecule has 16 heavy (non-hydrogen) atoms. The van der Waals surface area contributed by atoms with Gasteiger partial charge in [0.25, 0.3) is 0 Å². The number of nitrogens with zero attached hydrogens (tertiary/aromatic N) is 1. The molecule has 2 rings (SSSR count). The standard InChI is InChI=1S/C13H14ClNO/c1-7-4-5-10-11(14)6-12(9(3)16)15-13(10)8(7)2/h4-6,9,16H,1-3H3/t9-/m1/s1. The van der Waals surface area contributed by atoms with E-state index in [9.17, 15) is 5.11 Å². The van der Waals surface area contributed by atoms with Crippen LogP contribution in [0.4, 0.5) is 0 Å². The minimum Gasteiger partial charge on any atom is -0.387 e. The first kappa shape index (κ1) is 11.4. The van der Waals surface area contributed by atoms with Gasteiger partial charge in [-0.25, -0.2) is 4.98 Å². The molecule has 0 fully saturated rings. The number of hydrogen-bond donors (Lipinski definition) is 1. The van der Waals surface area contributed by atoms with Crippen molar-refractivity contribution in [1.29, 1.82) is 0 Å². The fourth-order valence-corrected chi connectivity index (χ4v) is 1.99. The van der Waals surface area contributed by atoms with Crippen molar-refractivity contribution in [2.24, 2.45) is 0 Å². The maximum absolute atomic E-state index is 9.55. The zero-order valence-corrected chi connectivity index (χ0v) is 10.3. The van der Waals surface area contributed by atoms with Gasteiger partial charge in [-0.15, -0.1) is 0 Å². The van der Waals surface area contributed by atoms with Crippen LogP contribution < -0.4 is 0 Å². The van der Waals surface area contributed by atoms with E-state index in [1.54, 1.807) is 13.0 Å². The van der Waals surface area contributed by atoms with Crippen LogP contribution in [0.5, 0.6) is 0 Å². The van der Waals surface area contributed by atoms with E-state index < -0.39 is 6.10 Å². The number of hydrogen-bond acceptors (Lipinski definition) is 2. The van der Waals surface area contributed by atoms with E-state index >= 15 is 0 Å². The van der Waals surface area contributed by atoms with E-state index in [2.05, 4.69) is 4.98 Å². The van der Waals surface area contributed by atoms with E-state index in [1.807, 2.05) is 26.0 Å². The van der Waals surface area contributed by atoms with Crippen LogP contribution in [0.2, 0.25) is 5.02 Å². The summed E-state index contributed by atoms with van der Waals surface area (Å²) in [7, 11) is 0. The predicted octanol–water partition coefficient (Wildman–Crippen LogP) is 3.56. The molecule has 84 valence electrons. The van der Waals surface area contributed by atoms with Crippen molar-refractivity contribution >= 4 is 22.5 Å². The third-order valence-corrected chi connectivity index (χ3v) is 3.22. The van der Waals surface area contributed by atoms with Crippen LogP contribution in [0, 0.1) is 13.8 Å². The summed E-state index contributed by atoms with van der Waals surface area (Å²) in [5, 5.41) is 11.1. The normalized spacial score (nSPS) is 13.1. The third-order valence-electron chi connectivity index (χ3n) is 2.90. The number of pyridine rings is 1. The van der Waals surface area contributed by atoms with Gasteiger partial charge in [-0.1, -0.05) is 23.7 Å². The maximum Gasteiger partial charge on any atom is 0.0932 e. The molecule has 1 heterocycles. The molecule has 0 aliphatic carbocycles. The molecule has 2 nitrogen and oxygen atoms in total. The lowest BCUT2D eigenvalue weighted by molar-refractivity contribution is 0.195. The first-order valence-corrected chi connectivity index (χ1v) is 5.63. The quantitative estimate of drug-likeness (QED) is 0.820. The first-order valence-electron chi connectivity index (χ1n) is 5.25. The highest BCUT2D eigenvalue weighted by atomic mass is 35.5. The Kier molecular flexibility index (Phi) is 2.87. The van der Waals surface area contributed by atoms with Crippen molar-refractivity contribution in [3.05, 3.63) is 40.0 Å². The van der Waals surface area contributed by atoms with E-state index in [4.69, 9.17) is 11.6 Å². The number of aryl methyl sites for hydroxylation is 2. The largest absolute Gasteiger partial charge is 0.387 e. The molecule has 0 bridgehead atoms. The van der Waals surface area contributed by atoms with Gasteiger partial charge < -0.3 is 5.11 Å². The summed E-state index contributed by atoms with van der Waals surface area (Å²) in [6.07, 6.45) is -0.596. The van der Waals surface area contributed by atoms with Crippen LogP contribution in [0.25, 0.3) is 10.9 Å². The molecule has 2 aromatic rings. The second-order valence-electron chi connectivity index (χ2n) is 4.11. The average Bonchev–Trinajstić information content (AvgIpc) is 2.23. The topological polar surface area (TPSA) is 33.1 Å². The van der Waals surface area contributed by atoms with E-state index in [0.29, 0.717) is 10.7 Å². The molecule has 3 heteroatoms. The second-order valence-corrected chi connectivity index (χ2v) is 4.52. The van der Waals surface area contributed by atoms with Crippen LogP contribution >= 0.6 is 11.6 Å². The predicted molar refractivity (Wildman–Crippen MR) is 66.9 cm³/mol. The van der Waals surface area contributed by atoms with Crippen molar-refractivity contribution in [2.75, 3.05) is 0 Å². The van der Waals surface area contributed by atoms with Crippen molar-refractivity contribution < 1.29 is 5.11 Å². The lowest BCUT2D eigenvalue weighted by Crippen LogP contribution is -1.98. The summed E-state index contributed by atoms with van der Waals surface area (Å²) in [4.78, 5) is 4.46. The molecule has 1 atom stereocenters. The van der Waals surface area contributed by atoms with Crippen LogP contribution in [0.1, 0.15) is 29.8 Å². The second kappa shape index (κ2) is 4.04. The molecule has 0 aliphatic heterocycles. The first-order chi connectivity index (χ1) is 7.50. The summed E-state index contributed by atoms with van der Waals surface area (Å²) in [5.41, 5.74) is 3.79. The fraction of sp³-hybridized carbons (Fsp3) is 0.308.